The average Bonchev–Trinajstić information content (AvgIpc) is 2.43. The van der Waals surface area contributed by atoms with Gasteiger partial charge in [0.2, 0.25) is 0 Å². The van der Waals surface area contributed by atoms with Crippen LogP contribution in [0.25, 0.3) is 11.0 Å². The van der Waals surface area contributed by atoms with Crippen molar-refractivity contribution in [2.24, 2.45) is 12.8 Å². The van der Waals surface area contributed by atoms with Crippen molar-refractivity contribution in [3.8, 4) is 0 Å². The van der Waals surface area contributed by atoms with Gasteiger partial charge in [-0.15, -0.1) is 0 Å². The third kappa shape index (κ3) is 1.57. The van der Waals surface area contributed by atoms with Crippen molar-refractivity contribution in [1.82, 2.24) is 9.55 Å². The van der Waals surface area contributed by atoms with Gasteiger partial charge in [0.05, 0.1) is 11.1 Å². The molecule has 0 aliphatic rings. The summed E-state index contributed by atoms with van der Waals surface area (Å²) >= 11 is 0. The molecule has 3 nitrogen and oxygen atoms in total. The Morgan fingerprint density at radius 3 is 2.50 bits per heavy atom. The first-order chi connectivity index (χ1) is 7.30. The number of aromatic nitrogens is 2. The van der Waals surface area contributed by atoms with Crippen molar-refractivity contribution < 1.29 is 8.78 Å². The maximum Gasteiger partial charge on any atom is 0.153 e. The summed E-state index contributed by atoms with van der Waals surface area (Å²) in [5, 5.41) is 0. The predicted molar refractivity (Wildman–Crippen MR) is 57.8 cm³/mol. The number of halogens is 2. The molecule has 1 heterocycles. The molecule has 2 aromatic rings. The Balaban J connectivity index is 2.83. The summed E-state index contributed by atoms with van der Waals surface area (Å²) in [5.41, 5.74) is 5.77. The molecule has 0 saturated carbocycles. The SMILES string of the molecule is Cn1c(C(C)(C)N)nc2c(F)cc(F)cc21. The fourth-order valence-corrected chi connectivity index (χ4v) is 1.79. The minimum Gasteiger partial charge on any atom is -0.329 e. The van der Waals surface area contributed by atoms with Crippen LogP contribution in [-0.4, -0.2) is 9.55 Å². The lowest BCUT2D eigenvalue weighted by Gasteiger charge is -2.17. The number of aryl methyl sites for hydroxylation is 1. The quantitative estimate of drug-likeness (QED) is 0.807. The Bertz CT molecular complexity index is 552. The number of imidazole rings is 1. The van der Waals surface area contributed by atoms with Gasteiger partial charge in [-0.3, -0.25) is 0 Å². The number of rotatable bonds is 1. The van der Waals surface area contributed by atoms with Gasteiger partial charge in [-0.05, 0) is 19.9 Å². The van der Waals surface area contributed by atoms with Crippen LogP contribution in [0.1, 0.15) is 19.7 Å². The first-order valence-corrected chi connectivity index (χ1v) is 4.91. The van der Waals surface area contributed by atoms with E-state index in [0.29, 0.717) is 11.3 Å². The normalized spacial score (nSPS) is 12.4. The number of hydrogen-bond donors (Lipinski definition) is 1. The average molecular weight is 225 g/mol. The van der Waals surface area contributed by atoms with Gasteiger partial charge in [0, 0.05) is 13.1 Å². The van der Waals surface area contributed by atoms with Gasteiger partial charge in [0.25, 0.3) is 0 Å². The standard InChI is InChI=1S/C11H13F2N3/c1-11(2,14)10-15-9-7(13)4-6(12)5-8(9)16(10)3/h4-5H,14H2,1-3H3. The van der Waals surface area contributed by atoms with E-state index in [1.165, 1.54) is 6.07 Å². The molecule has 1 aromatic carbocycles. The first kappa shape index (κ1) is 11.0. The van der Waals surface area contributed by atoms with Crippen molar-refractivity contribution in [2.75, 3.05) is 0 Å². The summed E-state index contributed by atoms with van der Waals surface area (Å²) in [6, 6.07) is 2.07. The molecule has 2 rings (SSSR count). The minimum absolute atomic E-state index is 0.150. The van der Waals surface area contributed by atoms with E-state index in [9.17, 15) is 8.78 Å². The van der Waals surface area contributed by atoms with Crippen LogP contribution in [0, 0.1) is 11.6 Å². The Morgan fingerprint density at radius 1 is 1.31 bits per heavy atom. The summed E-state index contributed by atoms with van der Waals surface area (Å²) in [4.78, 5) is 4.12. The van der Waals surface area contributed by atoms with E-state index >= 15 is 0 Å². The third-order valence-corrected chi connectivity index (χ3v) is 2.48. The third-order valence-electron chi connectivity index (χ3n) is 2.48. The van der Waals surface area contributed by atoms with Gasteiger partial charge in [0.1, 0.15) is 17.2 Å². The lowest BCUT2D eigenvalue weighted by molar-refractivity contribution is 0.497. The van der Waals surface area contributed by atoms with Crippen molar-refractivity contribution in [3.05, 3.63) is 29.6 Å². The molecule has 0 bridgehead atoms. The van der Waals surface area contributed by atoms with E-state index in [-0.39, 0.29) is 5.52 Å². The number of nitrogens with zero attached hydrogens (tertiary/aromatic N) is 2. The fraction of sp³-hybridized carbons (Fsp3) is 0.364. The lowest BCUT2D eigenvalue weighted by atomic mass is 10.1. The predicted octanol–water partition coefficient (Wildman–Crippen LogP) is 2.05. The fourth-order valence-electron chi connectivity index (χ4n) is 1.79. The van der Waals surface area contributed by atoms with Crippen LogP contribution < -0.4 is 5.73 Å². The number of fused-ring (bicyclic) bond motifs is 1. The molecule has 2 N–H and O–H groups in total. The maximum absolute atomic E-state index is 13.5. The monoisotopic (exact) mass is 225 g/mol. The Morgan fingerprint density at radius 2 is 1.94 bits per heavy atom. The van der Waals surface area contributed by atoms with Crippen molar-refractivity contribution in [1.29, 1.82) is 0 Å². The highest BCUT2D eigenvalue weighted by Crippen LogP contribution is 2.24. The first-order valence-electron chi connectivity index (χ1n) is 4.91. The highest BCUT2D eigenvalue weighted by atomic mass is 19.1. The summed E-state index contributed by atoms with van der Waals surface area (Å²) < 4.78 is 28.2. The van der Waals surface area contributed by atoms with Crippen LogP contribution in [-0.2, 0) is 12.6 Å². The zero-order valence-corrected chi connectivity index (χ0v) is 9.38. The van der Waals surface area contributed by atoms with Crippen LogP contribution in [0.2, 0.25) is 0 Å². The summed E-state index contributed by atoms with van der Waals surface area (Å²) in [6.45, 7) is 3.53. The van der Waals surface area contributed by atoms with Crippen molar-refractivity contribution >= 4 is 11.0 Å². The Hall–Kier alpha value is -1.49. The molecule has 1 aromatic heterocycles. The summed E-state index contributed by atoms with van der Waals surface area (Å²) in [7, 11) is 1.69. The second kappa shape index (κ2) is 3.25. The molecule has 86 valence electrons. The molecular formula is C11H13F2N3. The van der Waals surface area contributed by atoms with Gasteiger partial charge in [0.15, 0.2) is 5.82 Å². The van der Waals surface area contributed by atoms with E-state index in [2.05, 4.69) is 4.98 Å². The molecule has 0 fully saturated rings. The molecule has 0 aliphatic carbocycles. The van der Waals surface area contributed by atoms with E-state index in [0.717, 1.165) is 6.07 Å². The number of nitrogens with two attached hydrogens (primary N) is 1. The molecule has 0 unspecified atom stereocenters. The number of benzene rings is 1. The second-order valence-corrected chi connectivity index (χ2v) is 4.47. The van der Waals surface area contributed by atoms with Crippen LogP contribution >= 0.6 is 0 Å². The molecule has 16 heavy (non-hydrogen) atoms. The van der Waals surface area contributed by atoms with Gasteiger partial charge >= 0.3 is 0 Å². The van der Waals surface area contributed by atoms with E-state index in [4.69, 9.17) is 5.73 Å². The zero-order valence-electron chi connectivity index (χ0n) is 9.38. The molecule has 0 radical (unpaired) electrons. The Kier molecular flexibility index (Phi) is 2.24. The van der Waals surface area contributed by atoms with E-state index in [1.807, 2.05) is 0 Å². The van der Waals surface area contributed by atoms with Gasteiger partial charge in [-0.1, -0.05) is 0 Å². The van der Waals surface area contributed by atoms with Crippen LogP contribution in [0.15, 0.2) is 12.1 Å². The lowest BCUT2D eigenvalue weighted by Crippen LogP contribution is -2.32. The summed E-state index contributed by atoms with van der Waals surface area (Å²) in [6.07, 6.45) is 0. The largest absolute Gasteiger partial charge is 0.329 e. The molecule has 0 aliphatic heterocycles. The molecule has 0 amide bonds. The highest BCUT2D eigenvalue weighted by Gasteiger charge is 2.23. The maximum atomic E-state index is 13.5. The van der Waals surface area contributed by atoms with E-state index in [1.54, 1.807) is 25.5 Å². The molecule has 5 heteroatoms. The van der Waals surface area contributed by atoms with Gasteiger partial charge in [-0.2, -0.15) is 0 Å². The van der Waals surface area contributed by atoms with E-state index < -0.39 is 17.2 Å². The molecule has 0 spiro atoms. The van der Waals surface area contributed by atoms with Crippen LogP contribution in [0.3, 0.4) is 0 Å². The van der Waals surface area contributed by atoms with Crippen molar-refractivity contribution in [2.45, 2.75) is 19.4 Å². The van der Waals surface area contributed by atoms with Crippen LogP contribution in [0.4, 0.5) is 8.78 Å². The van der Waals surface area contributed by atoms with Crippen molar-refractivity contribution in [3.63, 3.8) is 0 Å². The minimum atomic E-state index is -0.698. The zero-order chi connectivity index (χ0) is 12.1. The van der Waals surface area contributed by atoms with Gasteiger partial charge in [-0.25, -0.2) is 13.8 Å². The molecular weight excluding hydrogens is 212 g/mol. The highest BCUT2D eigenvalue weighted by molar-refractivity contribution is 5.77. The Labute approximate surface area is 91.9 Å². The molecule has 0 saturated heterocycles. The van der Waals surface area contributed by atoms with Crippen LogP contribution in [0.5, 0.6) is 0 Å². The topological polar surface area (TPSA) is 43.8 Å². The van der Waals surface area contributed by atoms with Gasteiger partial charge < -0.3 is 10.3 Å². The molecule has 0 atom stereocenters. The second-order valence-electron chi connectivity index (χ2n) is 4.47. The smallest absolute Gasteiger partial charge is 0.153 e. The summed E-state index contributed by atoms with van der Waals surface area (Å²) in [5.74, 6) is -0.762. The number of hydrogen-bond acceptors (Lipinski definition) is 2.